The van der Waals surface area contributed by atoms with Crippen LogP contribution in [0.1, 0.15) is 41.6 Å². The van der Waals surface area contributed by atoms with Gasteiger partial charge in [0.05, 0.1) is 13.2 Å². The zero-order valence-corrected chi connectivity index (χ0v) is 17.6. The van der Waals surface area contributed by atoms with Crippen LogP contribution in [-0.4, -0.2) is 19.6 Å². The monoisotopic (exact) mass is 419 g/mol. The van der Waals surface area contributed by atoms with E-state index in [0.717, 1.165) is 38.9 Å². The first-order valence-corrected chi connectivity index (χ1v) is 9.48. The summed E-state index contributed by atoms with van der Waals surface area (Å²) in [5.41, 5.74) is 4.28. The van der Waals surface area contributed by atoms with Crippen LogP contribution in [0.4, 0.5) is 0 Å². The number of hydrogen-bond donors (Lipinski definition) is 1. The number of benzene rings is 2. The van der Waals surface area contributed by atoms with Crippen molar-refractivity contribution in [2.45, 2.75) is 40.2 Å². The van der Waals surface area contributed by atoms with Gasteiger partial charge in [-0.15, -0.1) is 0 Å². The van der Waals surface area contributed by atoms with Crippen molar-refractivity contribution < 1.29 is 14.3 Å². The molecule has 1 amide bonds. The number of nitrogens with one attached hydrogen (secondary N) is 1. The molecule has 26 heavy (non-hydrogen) atoms. The van der Waals surface area contributed by atoms with Crippen LogP contribution in [0.25, 0.3) is 0 Å². The molecule has 1 N–H and O–H groups in total. The number of rotatable bonds is 7. The Morgan fingerprint density at radius 2 is 1.77 bits per heavy atom. The van der Waals surface area contributed by atoms with Gasteiger partial charge in [-0.3, -0.25) is 4.79 Å². The van der Waals surface area contributed by atoms with E-state index < -0.39 is 0 Å². The maximum absolute atomic E-state index is 12.3. The van der Waals surface area contributed by atoms with E-state index in [9.17, 15) is 4.79 Å². The maximum Gasteiger partial charge on any atom is 0.258 e. The van der Waals surface area contributed by atoms with Gasteiger partial charge in [-0.1, -0.05) is 35.0 Å². The highest BCUT2D eigenvalue weighted by Crippen LogP contribution is 2.27. The molecule has 2 aromatic carbocycles. The molecule has 0 saturated heterocycles. The van der Waals surface area contributed by atoms with Gasteiger partial charge in [-0.25, -0.2) is 0 Å². The number of halogens is 1. The summed E-state index contributed by atoms with van der Waals surface area (Å²) in [6.07, 6.45) is 0.800. The Kier molecular flexibility index (Phi) is 7.09. The summed E-state index contributed by atoms with van der Waals surface area (Å²) in [4.78, 5) is 12.3. The molecule has 5 heteroatoms. The average molecular weight is 420 g/mol. The first-order valence-electron chi connectivity index (χ1n) is 8.69. The van der Waals surface area contributed by atoms with Gasteiger partial charge in [0.15, 0.2) is 6.61 Å². The molecule has 4 nitrogen and oxygen atoms in total. The smallest absolute Gasteiger partial charge is 0.258 e. The fourth-order valence-electron chi connectivity index (χ4n) is 2.91. The second kappa shape index (κ2) is 9.08. The van der Waals surface area contributed by atoms with Crippen LogP contribution in [0.5, 0.6) is 11.5 Å². The standard InChI is InChI=1S/C21H26BrNO3/c1-6-18(16-7-8-19(25-5)13(2)9-16)23-20(24)12-26-17-10-14(3)21(22)15(4)11-17/h7-11,18H,6,12H2,1-5H3,(H,23,24)/t18-/m0/s1. The first kappa shape index (κ1) is 20.3. The Hall–Kier alpha value is -2.01. The number of hydrogen-bond acceptors (Lipinski definition) is 3. The van der Waals surface area contributed by atoms with Crippen molar-refractivity contribution in [3.05, 3.63) is 57.1 Å². The van der Waals surface area contributed by atoms with Gasteiger partial charge in [0.2, 0.25) is 0 Å². The molecule has 0 aromatic heterocycles. The SMILES string of the molecule is CC[C@H](NC(=O)COc1cc(C)c(Br)c(C)c1)c1ccc(OC)c(C)c1. The van der Waals surface area contributed by atoms with Gasteiger partial charge in [0.25, 0.3) is 5.91 Å². The van der Waals surface area contributed by atoms with Gasteiger partial charge in [-0.2, -0.15) is 0 Å². The van der Waals surface area contributed by atoms with Crippen LogP contribution in [-0.2, 0) is 4.79 Å². The molecule has 0 aliphatic rings. The zero-order valence-electron chi connectivity index (χ0n) is 16.0. The molecule has 0 spiro atoms. The Balaban J connectivity index is 2.00. The molecule has 2 aromatic rings. The van der Waals surface area contributed by atoms with Crippen molar-refractivity contribution in [2.75, 3.05) is 13.7 Å². The molecule has 0 radical (unpaired) electrons. The Labute approximate surface area is 164 Å². The minimum atomic E-state index is -0.136. The topological polar surface area (TPSA) is 47.6 Å². The third-order valence-electron chi connectivity index (χ3n) is 4.34. The lowest BCUT2D eigenvalue weighted by Crippen LogP contribution is -2.32. The van der Waals surface area contributed by atoms with Crippen LogP contribution in [0.2, 0.25) is 0 Å². The van der Waals surface area contributed by atoms with E-state index in [-0.39, 0.29) is 18.6 Å². The number of carbonyl (C=O) groups is 1. The van der Waals surface area contributed by atoms with E-state index in [2.05, 4.69) is 27.3 Å². The van der Waals surface area contributed by atoms with E-state index in [0.29, 0.717) is 5.75 Å². The second-order valence-electron chi connectivity index (χ2n) is 6.42. The predicted octanol–water partition coefficient (Wildman–Crippen LogP) is 5.03. The molecular weight excluding hydrogens is 394 g/mol. The summed E-state index contributed by atoms with van der Waals surface area (Å²) >= 11 is 3.53. The number of methoxy groups -OCH3 is 1. The Bertz CT molecular complexity index is 766. The van der Waals surface area contributed by atoms with Gasteiger partial charge >= 0.3 is 0 Å². The zero-order chi connectivity index (χ0) is 19.3. The molecule has 140 valence electrons. The summed E-state index contributed by atoms with van der Waals surface area (Å²) in [6, 6.07) is 9.77. The molecule has 2 rings (SSSR count). The van der Waals surface area contributed by atoms with Crippen molar-refractivity contribution in [3.8, 4) is 11.5 Å². The van der Waals surface area contributed by atoms with Crippen molar-refractivity contribution >= 4 is 21.8 Å². The lowest BCUT2D eigenvalue weighted by Gasteiger charge is -2.19. The Morgan fingerprint density at radius 3 is 2.31 bits per heavy atom. The maximum atomic E-state index is 12.3. The molecular formula is C21H26BrNO3. The average Bonchev–Trinajstić information content (AvgIpc) is 2.62. The second-order valence-corrected chi connectivity index (χ2v) is 7.21. The fourth-order valence-corrected chi connectivity index (χ4v) is 3.14. The summed E-state index contributed by atoms with van der Waals surface area (Å²) in [5, 5.41) is 3.04. The van der Waals surface area contributed by atoms with Crippen molar-refractivity contribution in [1.29, 1.82) is 0 Å². The molecule has 0 bridgehead atoms. The molecule has 0 fully saturated rings. The minimum absolute atomic E-state index is 0.00779. The van der Waals surface area contributed by atoms with Crippen LogP contribution < -0.4 is 14.8 Å². The van der Waals surface area contributed by atoms with Gasteiger partial charge in [0, 0.05) is 4.47 Å². The van der Waals surface area contributed by atoms with E-state index in [1.165, 1.54) is 0 Å². The molecule has 1 atom stereocenters. The largest absolute Gasteiger partial charge is 0.496 e. The quantitative estimate of drug-likeness (QED) is 0.684. The number of aryl methyl sites for hydroxylation is 3. The van der Waals surface area contributed by atoms with E-state index in [4.69, 9.17) is 9.47 Å². The fraction of sp³-hybridized carbons (Fsp3) is 0.381. The molecule has 0 saturated carbocycles. The van der Waals surface area contributed by atoms with Crippen molar-refractivity contribution in [1.82, 2.24) is 5.32 Å². The number of carbonyl (C=O) groups excluding carboxylic acids is 1. The van der Waals surface area contributed by atoms with E-state index in [1.54, 1.807) is 7.11 Å². The summed E-state index contributed by atoms with van der Waals surface area (Å²) in [6.45, 7) is 8.05. The summed E-state index contributed by atoms with van der Waals surface area (Å²) in [5.74, 6) is 1.41. The van der Waals surface area contributed by atoms with E-state index in [1.807, 2.05) is 52.0 Å². The van der Waals surface area contributed by atoms with Crippen LogP contribution >= 0.6 is 15.9 Å². The Morgan fingerprint density at radius 1 is 1.12 bits per heavy atom. The third kappa shape index (κ3) is 5.01. The number of ether oxygens (including phenoxy) is 2. The number of amides is 1. The molecule has 0 aliphatic heterocycles. The summed E-state index contributed by atoms with van der Waals surface area (Å²) in [7, 11) is 1.66. The van der Waals surface area contributed by atoms with Gasteiger partial charge < -0.3 is 14.8 Å². The van der Waals surface area contributed by atoms with E-state index >= 15 is 0 Å². The highest BCUT2D eigenvalue weighted by molar-refractivity contribution is 9.10. The van der Waals surface area contributed by atoms with Gasteiger partial charge in [-0.05, 0) is 67.6 Å². The predicted molar refractivity (Wildman–Crippen MR) is 108 cm³/mol. The first-order chi connectivity index (χ1) is 12.3. The molecule has 0 heterocycles. The normalized spacial score (nSPS) is 11.8. The lowest BCUT2D eigenvalue weighted by molar-refractivity contribution is -0.123. The lowest BCUT2D eigenvalue weighted by atomic mass is 10.0. The highest BCUT2D eigenvalue weighted by Gasteiger charge is 2.15. The minimum Gasteiger partial charge on any atom is -0.496 e. The molecule has 0 aliphatic carbocycles. The van der Waals surface area contributed by atoms with Crippen molar-refractivity contribution in [3.63, 3.8) is 0 Å². The summed E-state index contributed by atoms with van der Waals surface area (Å²) < 4.78 is 12.0. The van der Waals surface area contributed by atoms with Crippen LogP contribution in [0.15, 0.2) is 34.8 Å². The van der Waals surface area contributed by atoms with Crippen molar-refractivity contribution in [2.24, 2.45) is 0 Å². The molecule has 0 unspecified atom stereocenters. The van der Waals surface area contributed by atoms with Crippen LogP contribution in [0.3, 0.4) is 0 Å². The van der Waals surface area contributed by atoms with Crippen LogP contribution in [0, 0.1) is 20.8 Å². The highest BCUT2D eigenvalue weighted by atomic mass is 79.9. The third-order valence-corrected chi connectivity index (χ3v) is 5.60. The van der Waals surface area contributed by atoms with Gasteiger partial charge in [0.1, 0.15) is 11.5 Å².